The highest BCUT2D eigenvalue weighted by Crippen LogP contribution is 2.26. The number of halogens is 1. The number of amides is 1. The van der Waals surface area contributed by atoms with E-state index >= 15 is 0 Å². The molecule has 0 aliphatic carbocycles. The van der Waals surface area contributed by atoms with Crippen molar-refractivity contribution < 1.29 is 13.2 Å². The smallest absolute Gasteiger partial charge is 0.244 e. The standard InChI is InChI=1S/C15H16ClN5O3S/c1-3-8-20(14(22)11-25(23,24)18-4-2)13-10-21(19-15(13)16)12-6-5-7-17-9-12/h1,5-7,9-10,18H,4,8,11H2,2H3. The van der Waals surface area contributed by atoms with E-state index in [0.29, 0.717) is 5.69 Å². The lowest BCUT2D eigenvalue weighted by molar-refractivity contribution is -0.116. The predicted octanol–water partition coefficient (Wildman–Crippen LogP) is 0.826. The van der Waals surface area contributed by atoms with Crippen LogP contribution in [0.2, 0.25) is 5.15 Å². The fourth-order valence-electron chi connectivity index (χ4n) is 2.06. The number of rotatable bonds is 7. The Morgan fingerprint density at radius 2 is 2.28 bits per heavy atom. The maximum atomic E-state index is 12.4. The summed E-state index contributed by atoms with van der Waals surface area (Å²) in [5, 5.41) is 4.14. The van der Waals surface area contributed by atoms with Gasteiger partial charge in [0.25, 0.3) is 0 Å². The Morgan fingerprint density at radius 3 is 2.88 bits per heavy atom. The van der Waals surface area contributed by atoms with Crippen LogP contribution in [0.25, 0.3) is 5.69 Å². The van der Waals surface area contributed by atoms with Crippen LogP contribution in [-0.2, 0) is 14.8 Å². The van der Waals surface area contributed by atoms with E-state index in [1.54, 1.807) is 31.5 Å². The number of pyridine rings is 1. The number of anilines is 1. The van der Waals surface area contributed by atoms with Crippen molar-refractivity contribution in [2.24, 2.45) is 0 Å². The Bertz CT molecular complexity index is 890. The van der Waals surface area contributed by atoms with E-state index in [1.165, 1.54) is 10.9 Å². The van der Waals surface area contributed by atoms with E-state index in [0.717, 1.165) is 4.90 Å². The third-order valence-electron chi connectivity index (χ3n) is 3.08. The molecule has 0 atom stereocenters. The van der Waals surface area contributed by atoms with Gasteiger partial charge < -0.3 is 0 Å². The second kappa shape index (κ2) is 8.11. The number of nitrogens with one attached hydrogen (secondary N) is 1. The lowest BCUT2D eigenvalue weighted by Gasteiger charge is -2.18. The largest absolute Gasteiger partial charge is 0.295 e. The molecule has 0 saturated carbocycles. The summed E-state index contributed by atoms with van der Waals surface area (Å²) in [6, 6.07) is 3.47. The molecule has 2 heterocycles. The van der Waals surface area contributed by atoms with Gasteiger partial charge in [0.05, 0.1) is 24.6 Å². The highest BCUT2D eigenvalue weighted by Gasteiger charge is 2.25. The molecule has 0 aromatic carbocycles. The fraction of sp³-hybridized carbons (Fsp3) is 0.267. The first-order valence-electron chi connectivity index (χ1n) is 7.24. The topological polar surface area (TPSA) is 97.2 Å². The molecule has 0 unspecified atom stereocenters. The number of nitrogens with zero attached hydrogens (tertiary/aromatic N) is 4. The Labute approximate surface area is 150 Å². The summed E-state index contributed by atoms with van der Waals surface area (Å²) in [7, 11) is -3.75. The van der Waals surface area contributed by atoms with Crippen LogP contribution < -0.4 is 9.62 Å². The van der Waals surface area contributed by atoms with Crippen LogP contribution in [-0.4, -0.2) is 47.9 Å². The van der Waals surface area contributed by atoms with Gasteiger partial charge in [-0.3, -0.25) is 14.7 Å². The van der Waals surface area contributed by atoms with Gasteiger partial charge in [0, 0.05) is 12.7 Å². The van der Waals surface area contributed by atoms with Crippen LogP contribution in [0.15, 0.2) is 30.7 Å². The van der Waals surface area contributed by atoms with E-state index in [2.05, 4.69) is 20.7 Å². The van der Waals surface area contributed by atoms with E-state index in [4.69, 9.17) is 18.0 Å². The number of sulfonamides is 1. The summed E-state index contributed by atoms with van der Waals surface area (Å²) >= 11 is 6.12. The first-order chi connectivity index (χ1) is 11.9. The summed E-state index contributed by atoms with van der Waals surface area (Å²) in [5.41, 5.74) is 0.851. The first-order valence-corrected chi connectivity index (χ1v) is 9.27. The number of carbonyl (C=O) groups excluding carboxylic acids is 1. The molecule has 0 spiro atoms. The summed E-state index contributed by atoms with van der Waals surface area (Å²) in [6.45, 7) is 1.67. The van der Waals surface area contributed by atoms with E-state index in [-0.39, 0.29) is 23.9 Å². The van der Waals surface area contributed by atoms with Gasteiger partial charge in [-0.2, -0.15) is 5.10 Å². The van der Waals surface area contributed by atoms with Crippen LogP contribution in [0, 0.1) is 12.3 Å². The van der Waals surface area contributed by atoms with Gasteiger partial charge in [0.15, 0.2) is 5.15 Å². The second-order valence-corrected chi connectivity index (χ2v) is 7.07. The third-order valence-corrected chi connectivity index (χ3v) is 4.71. The molecule has 2 aromatic heterocycles. The van der Waals surface area contributed by atoms with Gasteiger partial charge in [0.2, 0.25) is 15.9 Å². The number of hydrogen-bond acceptors (Lipinski definition) is 5. The van der Waals surface area contributed by atoms with Crippen molar-refractivity contribution in [3.05, 3.63) is 35.9 Å². The van der Waals surface area contributed by atoms with E-state index in [1.807, 2.05) is 0 Å². The van der Waals surface area contributed by atoms with Crippen molar-refractivity contribution in [1.82, 2.24) is 19.5 Å². The number of terminal acetylenes is 1. The van der Waals surface area contributed by atoms with Crippen molar-refractivity contribution in [2.45, 2.75) is 6.92 Å². The van der Waals surface area contributed by atoms with E-state index < -0.39 is 21.7 Å². The average molecular weight is 382 g/mol. The highest BCUT2D eigenvalue weighted by atomic mass is 35.5. The highest BCUT2D eigenvalue weighted by molar-refractivity contribution is 7.90. The van der Waals surface area contributed by atoms with Crippen molar-refractivity contribution >= 4 is 33.2 Å². The zero-order chi connectivity index (χ0) is 18.4. The van der Waals surface area contributed by atoms with Crippen molar-refractivity contribution in [1.29, 1.82) is 0 Å². The molecule has 8 nitrogen and oxygen atoms in total. The van der Waals surface area contributed by atoms with Gasteiger partial charge in [-0.1, -0.05) is 24.4 Å². The molecule has 0 aliphatic heterocycles. The van der Waals surface area contributed by atoms with Crippen molar-refractivity contribution in [3.8, 4) is 18.0 Å². The Morgan fingerprint density at radius 1 is 1.52 bits per heavy atom. The lowest BCUT2D eigenvalue weighted by atomic mass is 10.4. The third kappa shape index (κ3) is 4.79. The number of aromatic nitrogens is 3. The van der Waals surface area contributed by atoms with Gasteiger partial charge >= 0.3 is 0 Å². The molecule has 0 radical (unpaired) electrons. The van der Waals surface area contributed by atoms with Gasteiger partial charge in [-0.05, 0) is 12.1 Å². The molecular weight excluding hydrogens is 366 g/mol. The van der Waals surface area contributed by atoms with Crippen molar-refractivity contribution in [3.63, 3.8) is 0 Å². The number of hydrogen-bond donors (Lipinski definition) is 1. The predicted molar refractivity (Wildman–Crippen MR) is 95.0 cm³/mol. The van der Waals surface area contributed by atoms with E-state index in [9.17, 15) is 13.2 Å². The van der Waals surface area contributed by atoms with Crippen LogP contribution >= 0.6 is 11.6 Å². The molecule has 0 fully saturated rings. The molecule has 2 rings (SSSR count). The zero-order valence-corrected chi connectivity index (χ0v) is 15.0. The molecule has 25 heavy (non-hydrogen) atoms. The van der Waals surface area contributed by atoms with Crippen LogP contribution in [0.3, 0.4) is 0 Å². The van der Waals surface area contributed by atoms with Gasteiger partial charge in [-0.15, -0.1) is 6.42 Å². The Hall–Kier alpha value is -2.41. The monoisotopic (exact) mass is 381 g/mol. The Kier molecular flexibility index (Phi) is 6.14. The molecule has 0 aliphatic rings. The normalized spacial score (nSPS) is 11.1. The maximum absolute atomic E-state index is 12.4. The SMILES string of the molecule is C#CCN(C(=O)CS(=O)(=O)NCC)c1cn(-c2cccnc2)nc1Cl. The molecule has 2 aromatic rings. The van der Waals surface area contributed by atoms with Crippen molar-refractivity contribution in [2.75, 3.05) is 23.7 Å². The zero-order valence-electron chi connectivity index (χ0n) is 13.4. The quantitative estimate of drug-likeness (QED) is 0.716. The van der Waals surface area contributed by atoms with Crippen LogP contribution in [0.1, 0.15) is 6.92 Å². The minimum Gasteiger partial charge on any atom is -0.295 e. The fourth-order valence-corrected chi connectivity index (χ4v) is 3.31. The summed E-state index contributed by atoms with van der Waals surface area (Å²) in [4.78, 5) is 17.5. The van der Waals surface area contributed by atoms with Gasteiger partial charge in [0.1, 0.15) is 11.4 Å². The molecule has 132 valence electrons. The minimum atomic E-state index is -3.75. The molecule has 1 N–H and O–H groups in total. The summed E-state index contributed by atoms with van der Waals surface area (Å²) < 4.78 is 27.3. The van der Waals surface area contributed by atoms with Crippen LogP contribution in [0.4, 0.5) is 5.69 Å². The average Bonchev–Trinajstić information content (AvgIpc) is 2.94. The lowest BCUT2D eigenvalue weighted by Crippen LogP contribution is -2.39. The Balaban J connectivity index is 2.33. The molecule has 0 bridgehead atoms. The first kappa shape index (κ1) is 18.9. The van der Waals surface area contributed by atoms with Crippen LogP contribution in [0.5, 0.6) is 0 Å². The molecular formula is C15H16ClN5O3S. The molecule has 1 amide bonds. The minimum absolute atomic E-state index is 0.0216. The summed E-state index contributed by atoms with van der Waals surface area (Å²) in [5.74, 6) is 0.882. The number of carbonyl (C=O) groups is 1. The molecule has 0 saturated heterocycles. The molecule has 10 heteroatoms. The second-order valence-electron chi connectivity index (χ2n) is 4.90. The maximum Gasteiger partial charge on any atom is 0.244 e. The van der Waals surface area contributed by atoms with Gasteiger partial charge in [-0.25, -0.2) is 17.8 Å². The summed E-state index contributed by atoms with van der Waals surface area (Å²) in [6.07, 6.45) is 9.97.